The standard InChI is InChI=1S/C20H21N3O/c1-24-20-8-7-19(18-15-21-10-9-17(18)20)23-13-11-22(12-14-23)16-5-3-2-4-6-16/h2-10,15H,11-14H2,1H3. The zero-order valence-corrected chi connectivity index (χ0v) is 13.9. The Hall–Kier alpha value is -2.75. The smallest absolute Gasteiger partial charge is 0.126 e. The molecule has 4 heteroatoms. The number of nitrogens with zero attached hydrogens (tertiary/aromatic N) is 3. The highest BCUT2D eigenvalue weighted by atomic mass is 16.5. The van der Waals surface area contributed by atoms with Gasteiger partial charge in [0.25, 0.3) is 0 Å². The van der Waals surface area contributed by atoms with E-state index in [-0.39, 0.29) is 0 Å². The Kier molecular flexibility index (Phi) is 3.95. The van der Waals surface area contributed by atoms with Gasteiger partial charge in [0.1, 0.15) is 5.75 Å². The average Bonchev–Trinajstić information content (AvgIpc) is 2.68. The van der Waals surface area contributed by atoms with Crippen molar-refractivity contribution >= 4 is 22.1 Å². The number of hydrogen-bond acceptors (Lipinski definition) is 4. The molecule has 0 radical (unpaired) electrons. The highest BCUT2D eigenvalue weighted by Crippen LogP contribution is 2.33. The van der Waals surface area contributed by atoms with E-state index in [9.17, 15) is 0 Å². The molecule has 1 saturated heterocycles. The lowest BCUT2D eigenvalue weighted by Crippen LogP contribution is -2.46. The lowest BCUT2D eigenvalue weighted by molar-refractivity contribution is 0.420. The molecule has 122 valence electrons. The summed E-state index contributed by atoms with van der Waals surface area (Å²) in [5, 5.41) is 2.28. The van der Waals surface area contributed by atoms with Gasteiger partial charge in [-0.2, -0.15) is 0 Å². The Bertz CT molecular complexity index is 827. The molecular weight excluding hydrogens is 298 g/mol. The molecular formula is C20H21N3O. The van der Waals surface area contributed by atoms with E-state index in [1.165, 1.54) is 11.4 Å². The van der Waals surface area contributed by atoms with Crippen LogP contribution in [0, 0.1) is 0 Å². The van der Waals surface area contributed by atoms with Gasteiger partial charge in [0, 0.05) is 60.7 Å². The van der Waals surface area contributed by atoms with Crippen molar-refractivity contribution in [1.29, 1.82) is 0 Å². The van der Waals surface area contributed by atoms with Crippen molar-refractivity contribution in [1.82, 2.24) is 4.98 Å². The number of pyridine rings is 1. The van der Waals surface area contributed by atoms with Gasteiger partial charge in [0.05, 0.1) is 7.11 Å². The van der Waals surface area contributed by atoms with Crippen molar-refractivity contribution in [3.63, 3.8) is 0 Å². The van der Waals surface area contributed by atoms with Crippen molar-refractivity contribution in [2.75, 3.05) is 43.1 Å². The van der Waals surface area contributed by atoms with Crippen LogP contribution in [0.1, 0.15) is 0 Å². The lowest BCUT2D eigenvalue weighted by Gasteiger charge is -2.37. The summed E-state index contributed by atoms with van der Waals surface area (Å²) in [6.07, 6.45) is 3.76. The topological polar surface area (TPSA) is 28.6 Å². The molecule has 4 nitrogen and oxygen atoms in total. The number of para-hydroxylation sites is 1. The minimum Gasteiger partial charge on any atom is -0.496 e. The SMILES string of the molecule is COc1ccc(N2CCN(c3ccccc3)CC2)c2cnccc12. The summed E-state index contributed by atoms with van der Waals surface area (Å²) < 4.78 is 5.49. The molecule has 0 atom stereocenters. The maximum absolute atomic E-state index is 5.49. The Morgan fingerprint density at radius 3 is 2.33 bits per heavy atom. The molecule has 0 N–H and O–H groups in total. The van der Waals surface area contributed by atoms with Gasteiger partial charge in [-0.3, -0.25) is 4.98 Å². The predicted octanol–water partition coefficient (Wildman–Crippen LogP) is 3.57. The first-order valence-corrected chi connectivity index (χ1v) is 8.32. The molecule has 1 aliphatic heterocycles. The van der Waals surface area contributed by atoms with Crippen LogP contribution in [0.4, 0.5) is 11.4 Å². The second-order valence-corrected chi connectivity index (χ2v) is 6.02. The van der Waals surface area contributed by atoms with Crippen LogP contribution in [-0.4, -0.2) is 38.3 Å². The number of rotatable bonds is 3. The van der Waals surface area contributed by atoms with Gasteiger partial charge in [-0.15, -0.1) is 0 Å². The maximum Gasteiger partial charge on any atom is 0.126 e. The van der Waals surface area contributed by atoms with Crippen LogP contribution >= 0.6 is 0 Å². The van der Waals surface area contributed by atoms with E-state index in [1.807, 2.05) is 18.5 Å². The first-order valence-electron chi connectivity index (χ1n) is 8.32. The van der Waals surface area contributed by atoms with Crippen molar-refractivity contribution < 1.29 is 4.74 Å². The van der Waals surface area contributed by atoms with Crippen molar-refractivity contribution in [3.8, 4) is 5.75 Å². The van der Waals surface area contributed by atoms with Crippen LogP contribution in [0.5, 0.6) is 5.75 Å². The molecule has 0 saturated carbocycles. The van der Waals surface area contributed by atoms with Crippen LogP contribution in [0.25, 0.3) is 10.8 Å². The largest absolute Gasteiger partial charge is 0.496 e. The summed E-state index contributed by atoms with van der Waals surface area (Å²) >= 11 is 0. The van der Waals surface area contributed by atoms with Gasteiger partial charge >= 0.3 is 0 Å². The number of methoxy groups -OCH3 is 1. The van der Waals surface area contributed by atoms with Crippen LogP contribution < -0.4 is 14.5 Å². The summed E-state index contributed by atoms with van der Waals surface area (Å²) in [6, 6.07) is 16.9. The van der Waals surface area contributed by atoms with Gasteiger partial charge in [-0.25, -0.2) is 0 Å². The zero-order valence-electron chi connectivity index (χ0n) is 13.9. The fraction of sp³-hybridized carbons (Fsp3) is 0.250. The summed E-state index contributed by atoms with van der Waals surface area (Å²) in [5.41, 5.74) is 2.55. The third-order valence-corrected chi connectivity index (χ3v) is 4.72. The van der Waals surface area contributed by atoms with E-state index in [4.69, 9.17) is 4.74 Å². The molecule has 0 unspecified atom stereocenters. The highest BCUT2D eigenvalue weighted by Gasteiger charge is 2.19. The number of fused-ring (bicyclic) bond motifs is 1. The van der Waals surface area contributed by atoms with E-state index in [2.05, 4.69) is 57.2 Å². The van der Waals surface area contributed by atoms with Gasteiger partial charge in [-0.05, 0) is 30.3 Å². The van der Waals surface area contributed by atoms with Crippen molar-refractivity contribution in [2.45, 2.75) is 0 Å². The average molecular weight is 319 g/mol. The van der Waals surface area contributed by atoms with Gasteiger partial charge in [0.2, 0.25) is 0 Å². The minimum atomic E-state index is 0.902. The second kappa shape index (κ2) is 6.40. The third-order valence-electron chi connectivity index (χ3n) is 4.72. The summed E-state index contributed by atoms with van der Waals surface area (Å²) in [4.78, 5) is 9.21. The summed E-state index contributed by atoms with van der Waals surface area (Å²) in [7, 11) is 1.72. The number of hydrogen-bond donors (Lipinski definition) is 0. The molecule has 0 amide bonds. The normalized spacial score (nSPS) is 14.9. The Morgan fingerprint density at radius 1 is 0.833 bits per heavy atom. The van der Waals surface area contributed by atoms with E-state index < -0.39 is 0 Å². The Balaban J connectivity index is 1.59. The number of aromatic nitrogens is 1. The monoisotopic (exact) mass is 319 g/mol. The first kappa shape index (κ1) is 14.8. The van der Waals surface area contributed by atoms with E-state index in [0.717, 1.165) is 42.7 Å². The third kappa shape index (κ3) is 2.64. The first-order chi connectivity index (χ1) is 11.9. The highest BCUT2D eigenvalue weighted by molar-refractivity contribution is 5.97. The molecule has 2 aromatic carbocycles. The molecule has 1 aromatic heterocycles. The van der Waals surface area contributed by atoms with E-state index in [1.54, 1.807) is 7.11 Å². The van der Waals surface area contributed by atoms with Crippen LogP contribution in [0.3, 0.4) is 0 Å². The molecule has 0 bridgehead atoms. The molecule has 4 rings (SSSR count). The molecule has 1 aliphatic rings. The predicted molar refractivity (Wildman–Crippen MR) is 99.2 cm³/mol. The zero-order chi connectivity index (χ0) is 16.4. The lowest BCUT2D eigenvalue weighted by atomic mass is 10.1. The van der Waals surface area contributed by atoms with Crippen LogP contribution in [0.2, 0.25) is 0 Å². The summed E-state index contributed by atoms with van der Waals surface area (Å²) in [5.74, 6) is 0.902. The summed E-state index contributed by atoms with van der Waals surface area (Å²) in [6.45, 7) is 4.06. The molecule has 0 aliphatic carbocycles. The number of piperazine rings is 1. The molecule has 2 heterocycles. The van der Waals surface area contributed by atoms with Crippen molar-refractivity contribution in [3.05, 3.63) is 60.9 Å². The fourth-order valence-corrected chi connectivity index (χ4v) is 3.45. The number of anilines is 2. The van der Waals surface area contributed by atoms with Gasteiger partial charge in [-0.1, -0.05) is 18.2 Å². The second-order valence-electron chi connectivity index (χ2n) is 6.02. The molecule has 24 heavy (non-hydrogen) atoms. The Morgan fingerprint density at radius 2 is 1.58 bits per heavy atom. The minimum absolute atomic E-state index is 0.902. The quantitative estimate of drug-likeness (QED) is 0.738. The number of benzene rings is 2. The van der Waals surface area contributed by atoms with E-state index in [0.29, 0.717) is 0 Å². The molecule has 3 aromatic rings. The van der Waals surface area contributed by atoms with Crippen LogP contribution in [-0.2, 0) is 0 Å². The van der Waals surface area contributed by atoms with Crippen LogP contribution in [0.15, 0.2) is 60.9 Å². The number of ether oxygens (including phenoxy) is 1. The maximum atomic E-state index is 5.49. The van der Waals surface area contributed by atoms with Gasteiger partial charge in [0.15, 0.2) is 0 Å². The Labute approximate surface area is 142 Å². The van der Waals surface area contributed by atoms with Gasteiger partial charge < -0.3 is 14.5 Å². The fourth-order valence-electron chi connectivity index (χ4n) is 3.45. The molecule has 1 fully saturated rings. The van der Waals surface area contributed by atoms with Crippen molar-refractivity contribution in [2.24, 2.45) is 0 Å². The molecule has 0 spiro atoms. The van der Waals surface area contributed by atoms with E-state index >= 15 is 0 Å².